The van der Waals surface area contributed by atoms with E-state index in [2.05, 4.69) is 4.90 Å². The molecule has 0 N–H and O–H groups in total. The van der Waals surface area contributed by atoms with Crippen molar-refractivity contribution in [2.24, 2.45) is 0 Å². The van der Waals surface area contributed by atoms with Gasteiger partial charge in [0.1, 0.15) is 5.82 Å². The number of morpholine rings is 1. The van der Waals surface area contributed by atoms with Gasteiger partial charge in [-0.1, -0.05) is 12.1 Å². The van der Waals surface area contributed by atoms with Crippen LogP contribution in [0, 0.1) is 5.82 Å². The number of piperazine rings is 1. The van der Waals surface area contributed by atoms with Crippen molar-refractivity contribution in [2.75, 3.05) is 59.0 Å². The second-order valence-corrected chi connectivity index (χ2v) is 6.77. The molecule has 0 bridgehead atoms. The predicted molar refractivity (Wildman–Crippen MR) is 95.1 cm³/mol. The maximum Gasteiger partial charge on any atom is 0.227 e. The zero-order chi connectivity index (χ0) is 18.4. The molecule has 142 valence electrons. The van der Waals surface area contributed by atoms with Crippen LogP contribution >= 0.6 is 0 Å². The van der Waals surface area contributed by atoms with Crippen LogP contribution in [0.2, 0.25) is 0 Å². The lowest BCUT2D eigenvalue weighted by Crippen LogP contribution is -2.51. The average Bonchev–Trinajstić information content (AvgIpc) is 2.67. The first kappa shape index (κ1) is 18.8. The number of carbonyl (C=O) groups is 2. The van der Waals surface area contributed by atoms with Crippen molar-refractivity contribution >= 4 is 11.8 Å². The van der Waals surface area contributed by atoms with E-state index in [4.69, 9.17) is 4.74 Å². The van der Waals surface area contributed by atoms with Gasteiger partial charge in [-0.25, -0.2) is 4.39 Å². The molecule has 26 heavy (non-hydrogen) atoms. The van der Waals surface area contributed by atoms with Crippen molar-refractivity contribution < 1.29 is 18.7 Å². The minimum Gasteiger partial charge on any atom is -0.379 e. The lowest BCUT2D eigenvalue weighted by molar-refractivity contribution is -0.139. The van der Waals surface area contributed by atoms with Crippen LogP contribution in [-0.2, 0) is 20.7 Å². The summed E-state index contributed by atoms with van der Waals surface area (Å²) < 4.78 is 18.5. The van der Waals surface area contributed by atoms with Gasteiger partial charge in [-0.3, -0.25) is 14.5 Å². The van der Waals surface area contributed by atoms with E-state index in [-0.39, 0.29) is 24.1 Å². The van der Waals surface area contributed by atoms with E-state index in [9.17, 15) is 14.0 Å². The smallest absolute Gasteiger partial charge is 0.227 e. The Morgan fingerprint density at radius 3 is 2.27 bits per heavy atom. The molecule has 2 saturated heterocycles. The molecule has 6 nitrogen and oxygen atoms in total. The first-order chi connectivity index (χ1) is 12.6. The zero-order valence-electron chi connectivity index (χ0n) is 15.0. The van der Waals surface area contributed by atoms with E-state index < -0.39 is 0 Å². The first-order valence-electron chi connectivity index (χ1n) is 9.22. The summed E-state index contributed by atoms with van der Waals surface area (Å²) >= 11 is 0. The highest BCUT2D eigenvalue weighted by Gasteiger charge is 2.24. The molecule has 0 atom stereocenters. The van der Waals surface area contributed by atoms with Crippen LogP contribution in [0.5, 0.6) is 0 Å². The summed E-state index contributed by atoms with van der Waals surface area (Å²) in [5.41, 5.74) is 0.680. The molecule has 0 radical (unpaired) electrons. The van der Waals surface area contributed by atoms with Crippen molar-refractivity contribution in [1.82, 2.24) is 14.7 Å². The highest BCUT2D eigenvalue weighted by molar-refractivity contribution is 5.80. The van der Waals surface area contributed by atoms with Crippen LogP contribution in [0.3, 0.4) is 0 Å². The third-order valence-electron chi connectivity index (χ3n) is 4.98. The Hall–Kier alpha value is -1.99. The lowest BCUT2D eigenvalue weighted by Gasteiger charge is -2.35. The standard InChI is InChI=1S/C19H26FN3O3/c20-17-3-1-2-16(14-17)15-19(25)23-8-6-22(7-9-23)18(24)4-5-21-10-12-26-13-11-21/h1-3,14H,4-13,15H2. The van der Waals surface area contributed by atoms with Crippen molar-refractivity contribution in [3.8, 4) is 0 Å². The third-order valence-corrected chi connectivity index (χ3v) is 4.98. The predicted octanol–water partition coefficient (Wildman–Crippen LogP) is 0.761. The molecule has 1 aromatic carbocycles. The van der Waals surface area contributed by atoms with Crippen LogP contribution in [0.25, 0.3) is 0 Å². The number of nitrogens with zero attached hydrogens (tertiary/aromatic N) is 3. The van der Waals surface area contributed by atoms with Gasteiger partial charge < -0.3 is 14.5 Å². The summed E-state index contributed by atoms with van der Waals surface area (Å²) in [5.74, 6) is -0.198. The Balaban J connectivity index is 1.40. The minimum atomic E-state index is -0.328. The molecule has 2 aliphatic heterocycles. The normalized spacial score (nSPS) is 18.8. The van der Waals surface area contributed by atoms with Crippen molar-refractivity contribution in [3.05, 3.63) is 35.6 Å². The number of benzene rings is 1. The summed E-state index contributed by atoms with van der Waals surface area (Å²) in [6.45, 7) is 6.22. The summed E-state index contributed by atoms with van der Waals surface area (Å²) in [4.78, 5) is 30.6. The number of amides is 2. The number of ether oxygens (including phenoxy) is 1. The molecule has 0 spiro atoms. The van der Waals surface area contributed by atoms with E-state index >= 15 is 0 Å². The van der Waals surface area contributed by atoms with Crippen molar-refractivity contribution in [3.63, 3.8) is 0 Å². The van der Waals surface area contributed by atoms with E-state index in [1.54, 1.807) is 17.0 Å². The minimum absolute atomic E-state index is 0.0176. The summed E-state index contributed by atoms with van der Waals surface area (Å²) in [6.07, 6.45) is 0.708. The van der Waals surface area contributed by atoms with Gasteiger partial charge in [0.25, 0.3) is 0 Å². The van der Waals surface area contributed by atoms with Crippen LogP contribution in [0.4, 0.5) is 4.39 Å². The molecule has 2 amide bonds. The molecule has 0 aromatic heterocycles. The Morgan fingerprint density at radius 1 is 0.962 bits per heavy atom. The third kappa shape index (κ3) is 5.25. The summed E-state index contributed by atoms with van der Waals surface area (Å²) in [6, 6.07) is 6.13. The second-order valence-electron chi connectivity index (χ2n) is 6.77. The average molecular weight is 363 g/mol. The molecule has 0 aliphatic carbocycles. The lowest BCUT2D eigenvalue weighted by atomic mass is 10.1. The summed E-state index contributed by atoms with van der Waals surface area (Å²) in [5, 5.41) is 0. The number of halogens is 1. The fourth-order valence-corrected chi connectivity index (χ4v) is 3.38. The van der Waals surface area contributed by atoms with Gasteiger partial charge in [0.2, 0.25) is 11.8 Å². The van der Waals surface area contributed by atoms with Gasteiger partial charge in [-0.05, 0) is 17.7 Å². The molecule has 2 aliphatic rings. The number of carbonyl (C=O) groups excluding carboxylic acids is 2. The molecule has 1 aromatic rings. The van der Waals surface area contributed by atoms with E-state index in [0.29, 0.717) is 38.2 Å². The molecule has 2 heterocycles. The van der Waals surface area contributed by atoms with E-state index in [0.717, 1.165) is 32.8 Å². The highest BCUT2D eigenvalue weighted by atomic mass is 19.1. The topological polar surface area (TPSA) is 53.1 Å². The Bertz CT molecular complexity index is 626. The Labute approximate surface area is 153 Å². The fraction of sp³-hybridized carbons (Fsp3) is 0.579. The van der Waals surface area contributed by atoms with Gasteiger partial charge in [0.05, 0.1) is 19.6 Å². The molecule has 0 unspecified atom stereocenters. The quantitative estimate of drug-likeness (QED) is 0.775. The SMILES string of the molecule is O=C(CCN1CCOCC1)N1CCN(C(=O)Cc2cccc(F)c2)CC1. The Kier molecular flexibility index (Phi) is 6.57. The molecule has 2 fully saturated rings. The maximum atomic E-state index is 13.2. The van der Waals surface area contributed by atoms with Crippen molar-refractivity contribution in [1.29, 1.82) is 0 Å². The molecule has 7 heteroatoms. The van der Waals surface area contributed by atoms with Gasteiger partial charge in [0.15, 0.2) is 0 Å². The first-order valence-corrected chi connectivity index (χ1v) is 9.22. The monoisotopic (exact) mass is 363 g/mol. The van der Waals surface area contributed by atoms with Crippen LogP contribution < -0.4 is 0 Å². The molecule has 3 rings (SSSR count). The van der Waals surface area contributed by atoms with Crippen LogP contribution in [0.15, 0.2) is 24.3 Å². The molecular weight excluding hydrogens is 337 g/mol. The van der Waals surface area contributed by atoms with Crippen LogP contribution in [-0.4, -0.2) is 85.5 Å². The fourth-order valence-electron chi connectivity index (χ4n) is 3.38. The largest absolute Gasteiger partial charge is 0.379 e. The number of hydrogen-bond donors (Lipinski definition) is 0. The number of hydrogen-bond acceptors (Lipinski definition) is 4. The molecule has 0 saturated carbocycles. The van der Waals surface area contributed by atoms with Crippen molar-refractivity contribution in [2.45, 2.75) is 12.8 Å². The Morgan fingerprint density at radius 2 is 1.62 bits per heavy atom. The highest BCUT2D eigenvalue weighted by Crippen LogP contribution is 2.10. The summed E-state index contributed by atoms with van der Waals surface area (Å²) in [7, 11) is 0. The van der Waals surface area contributed by atoms with E-state index in [1.807, 2.05) is 4.90 Å². The van der Waals surface area contributed by atoms with Gasteiger partial charge in [-0.15, -0.1) is 0 Å². The van der Waals surface area contributed by atoms with Gasteiger partial charge >= 0.3 is 0 Å². The second kappa shape index (κ2) is 9.09. The van der Waals surface area contributed by atoms with E-state index in [1.165, 1.54) is 12.1 Å². The van der Waals surface area contributed by atoms with Gasteiger partial charge in [-0.2, -0.15) is 0 Å². The maximum absolute atomic E-state index is 13.2. The zero-order valence-corrected chi connectivity index (χ0v) is 15.0. The van der Waals surface area contributed by atoms with Crippen LogP contribution in [0.1, 0.15) is 12.0 Å². The molecular formula is C19H26FN3O3. The van der Waals surface area contributed by atoms with Gasteiger partial charge in [0, 0.05) is 52.2 Å². The number of rotatable bonds is 5.